The molecule has 0 radical (unpaired) electrons. The fourth-order valence-corrected chi connectivity index (χ4v) is 2.97. The Morgan fingerprint density at radius 2 is 1.85 bits per heavy atom. The van der Waals surface area contributed by atoms with E-state index in [4.69, 9.17) is 4.74 Å². The van der Waals surface area contributed by atoms with Crippen molar-refractivity contribution in [3.8, 4) is 28.7 Å². The first-order valence-electron chi connectivity index (χ1n) is 8.20. The van der Waals surface area contributed by atoms with Gasteiger partial charge in [-0.15, -0.1) is 0 Å². The van der Waals surface area contributed by atoms with E-state index < -0.39 is 6.10 Å². The number of carbonyl (C=O) groups excluding carboxylic acids is 1. The Morgan fingerprint density at radius 3 is 2.54 bits per heavy atom. The van der Waals surface area contributed by atoms with Crippen molar-refractivity contribution < 1.29 is 30.0 Å². The van der Waals surface area contributed by atoms with E-state index in [0.717, 1.165) is 11.6 Å². The molecule has 4 N–H and O–H groups in total. The molecule has 2 aromatic carbocycles. The highest BCUT2D eigenvalue weighted by Gasteiger charge is 2.31. The average Bonchev–Trinajstić information content (AvgIpc) is 2.54. The second kappa shape index (κ2) is 6.63. The summed E-state index contributed by atoms with van der Waals surface area (Å²) in [5.74, 6) is -1.28. The second-order valence-corrected chi connectivity index (χ2v) is 6.61. The van der Waals surface area contributed by atoms with Gasteiger partial charge in [-0.2, -0.15) is 0 Å². The van der Waals surface area contributed by atoms with Gasteiger partial charge in [-0.25, -0.2) is 0 Å². The fraction of sp³-hybridized carbons (Fsp3) is 0.250. The van der Waals surface area contributed by atoms with Crippen LogP contribution >= 0.6 is 0 Å². The van der Waals surface area contributed by atoms with Crippen LogP contribution in [-0.4, -0.2) is 26.2 Å². The van der Waals surface area contributed by atoms with Gasteiger partial charge in [-0.1, -0.05) is 11.6 Å². The number of carbonyl (C=O) groups is 1. The van der Waals surface area contributed by atoms with Gasteiger partial charge in [0.05, 0.1) is 6.42 Å². The Hall–Kier alpha value is -3.15. The molecule has 0 aliphatic carbocycles. The Morgan fingerprint density at radius 1 is 1.12 bits per heavy atom. The summed E-state index contributed by atoms with van der Waals surface area (Å²) in [5, 5.41) is 39.6. The summed E-state index contributed by atoms with van der Waals surface area (Å²) in [6.45, 7) is 3.86. The molecule has 2 aromatic rings. The van der Waals surface area contributed by atoms with E-state index >= 15 is 0 Å². The van der Waals surface area contributed by atoms with Crippen molar-refractivity contribution in [3.05, 3.63) is 52.6 Å². The van der Waals surface area contributed by atoms with Gasteiger partial charge in [0.25, 0.3) is 0 Å². The summed E-state index contributed by atoms with van der Waals surface area (Å²) < 4.78 is 5.78. The first-order chi connectivity index (χ1) is 12.3. The van der Waals surface area contributed by atoms with Crippen molar-refractivity contribution in [2.24, 2.45) is 0 Å². The Balaban J connectivity index is 1.99. The molecular weight excluding hydrogens is 336 g/mol. The molecule has 136 valence electrons. The molecular formula is C20H20O6. The molecule has 26 heavy (non-hydrogen) atoms. The number of aromatic hydroxyl groups is 4. The third-order valence-electron chi connectivity index (χ3n) is 4.28. The minimum Gasteiger partial charge on any atom is -0.508 e. The van der Waals surface area contributed by atoms with Crippen LogP contribution in [0.25, 0.3) is 0 Å². The lowest BCUT2D eigenvalue weighted by atomic mass is 9.93. The lowest BCUT2D eigenvalue weighted by Gasteiger charge is -2.26. The average molecular weight is 356 g/mol. The van der Waals surface area contributed by atoms with E-state index in [2.05, 4.69) is 0 Å². The smallest absolute Gasteiger partial charge is 0.174 e. The second-order valence-electron chi connectivity index (χ2n) is 6.61. The quantitative estimate of drug-likeness (QED) is 0.493. The zero-order valence-corrected chi connectivity index (χ0v) is 14.5. The van der Waals surface area contributed by atoms with Gasteiger partial charge in [0.15, 0.2) is 17.3 Å². The van der Waals surface area contributed by atoms with Gasteiger partial charge in [-0.3, -0.25) is 4.79 Å². The van der Waals surface area contributed by atoms with Crippen LogP contribution in [0.5, 0.6) is 28.7 Å². The predicted octanol–water partition coefficient (Wildman–Crippen LogP) is 3.72. The summed E-state index contributed by atoms with van der Waals surface area (Å²) >= 11 is 0. The van der Waals surface area contributed by atoms with E-state index in [0.29, 0.717) is 17.5 Å². The zero-order valence-electron chi connectivity index (χ0n) is 14.5. The molecule has 1 heterocycles. The lowest BCUT2D eigenvalue weighted by Crippen LogP contribution is -2.20. The number of phenols is 4. The minimum absolute atomic E-state index is 0.0301. The Labute approximate surface area is 150 Å². The van der Waals surface area contributed by atoms with Crippen LogP contribution in [-0.2, 0) is 6.42 Å². The van der Waals surface area contributed by atoms with Gasteiger partial charge in [0.1, 0.15) is 28.9 Å². The third kappa shape index (κ3) is 3.31. The predicted molar refractivity (Wildman–Crippen MR) is 95.0 cm³/mol. The molecule has 0 fully saturated rings. The maximum absolute atomic E-state index is 12.4. The zero-order chi connectivity index (χ0) is 19.0. The first-order valence-corrected chi connectivity index (χ1v) is 8.20. The number of ketones is 1. The first kappa shape index (κ1) is 17.7. The molecule has 6 heteroatoms. The Kier molecular flexibility index (Phi) is 4.50. The molecule has 0 spiro atoms. The van der Waals surface area contributed by atoms with E-state index in [-0.39, 0.29) is 46.5 Å². The van der Waals surface area contributed by atoms with Crippen LogP contribution in [0.1, 0.15) is 47.9 Å². The highest BCUT2D eigenvalue weighted by Crippen LogP contribution is 2.43. The topological polar surface area (TPSA) is 107 Å². The molecule has 1 aliphatic rings. The Bertz CT molecular complexity index is 909. The normalized spacial score (nSPS) is 15.9. The highest BCUT2D eigenvalue weighted by molar-refractivity contribution is 6.02. The highest BCUT2D eigenvalue weighted by atomic mass is 16.5. The molecule has 3 rings (SSSR count). The number of allylic oxidation sites excluding steroid dienone is 2. The van der Waals surface area contributed by atoms with Crippen LogP contribution in [0.2, 0.25) is 0 Å². The number of ether oxygens (including phenoxy) is 1. The van der Waals surface area contributed by atoms with Crippen molar-refractivity contribution in [1.82, 2.24) is 0 Å². The number of hydrogen-bond acceptors (Lipinski definition) is 6. The van der Waals surface area contributed by atoms with Crippen molar-refractivity contribution in [2.75, 3.05) is 0 Å². The van der Waals surface area contributed by atoms with Crippen LogP contribution in [0.4, 0.5) is 0 Å². The number of Topliss-reactive ketones (excluding diaryl/α,β-unsaturated/α-hetero) is 1. The molecule has 0 unspecified atom stereocenters. The summed E-state index contributed by atoms with van der Waals surface area (Å²) in [4.78, 5) is 12.4. The van der Waals surface area contributed by atoms with Crippen molar-refractivity contribution >= 4 is 5.78 Å². The molecule has 0 bridgehead atoms. The standard InChI is InChI=1S/C20H20O6/c1-10(2)3-4-11-5-12(6-16(24)20(11)25)17-9-15(23)19-14(22)7-13(21)8-18(19)26-17/h3,5-8,17,21-22,24-25H,4,9H2,1-2H3/t17-/m0/s1. The largest absolute Gasteiger partial charge is 0.508 e. The lowest BCUT2D eigenvalue weighted by molar-refractivity contribution is 0.0844. The van der Waals surface area contributed by atoms with Gasteiger partial charge in [-0.05, 0) is 38.0 Å². The van der Waals surface area contributed by atoms with Gasteiger partial charge in [0.2, 0.25) is 0 Å². The monoisotopic (exact) mass is 356 g/mol. The van der Waals surface area contributed by atoms with Crippen molar-refractivity contribution in [3.63, 3.8) is 0 Å². The van der Waals surface area contributed by atoms with Crippen molar-refractivity contribution in [1.29, 1.82) is 0 Å². The summed E-state index contributed by atoms with van der Waals surface area (Å²) in [6.07, 6.45) is 1.61. The molecule has 0 amide bonds. The van der Waals surface area contributed by atoms with Crippen LogP contribution < -0.4 is 4.74 Å². The molecule has 1 atom stereocenters. The van der Waals surface area contributed by atoms with E-state index in [1.165, 1.54) is 12.1 Å². The van der Waals surface area contributed by atoms with Gasteiger partial charge in [0, 0.05) is 17.7 Å². The van der Waals surface area contributed by atoms with Gasteiger partial charge < -0.3 is 25.2 Å². The van der Waals surface area contributed by atoms with Crippen molar-refractivity contribution in [2.45, 2.75) is 32.8 Å². The van der Waals surface area contributed by atoms with Gasteiger partial charge >= 0.3 is 0 Å². The number of fused-ring (bicyclic) bond motifs is 1. The summed E-state index contributed by atoms with van der Waals surface area (Å²) in [7, 11) is 0. The van der Waals surface area contributed by atoms with E-state index in [1.54, 1.807) is 6.07 Å². The molecule has 0 aromatic heterocycles. The summed E-state index contributed by atoms with van der Waals surface area (Å²) in [6, 6.07) is 5.39. The number of rotatable bonds is 3. The van der Waals surface area contributed by atoms with Crippen LogP contribution in [0.15, 0.2) is 35.9 Å². The third-order valence-corrected chi connectivity index (χ3v) is 4.28. The molecule has 6 nitrogen and oxygen atoms in total. The maximum atomic E-state index is 12.4. The van der Waals surface area contributed by atoms with Crippen LogP contribution in [0, 0.1) is 0 Å². The fourth-order valence-electron chi connectivity index (χ4n) is 2.97. The van der Waals surface area contributed by atoms with E-state index in [1.807, 2.05) is 19.9 Å². The number of phenolic OH excluding ortho intramolecular Hbond substituents is 4. The van der Waals surface area contributed by atoms with Crippen LogP contribution in [0.3, 0.4) is 0 Å². The molecule has 0 saturated carbocycles. The summed E-state index contributed by atoms with van der Waals surface area (Å²) in [5.41, 5.74) is 2.14. The van der Waals surface area contributed by atoms with E-state index in [9.17, 15) is 25.2 Å². The number of benzene rings is 2. The number of hydrogen-bond donors (Lipinski definition) is 4. The molecule has 0 saturated heterocycles. The SMILES string of the molecule is CC(C)=CCc1cc([C@@H]2CC(=O)c3c(O)cc(O)cc3O2)cc(O)c1O. The molecule has 1 aliphatic heterocycles. The maximum Gasteiger partial charge on any atom is 0.174 e. The minimum atomic E-state index is -0.701.